The van der Waals surface area contributed by atoms with Crippen LogP contribution in [0.3, 0.4) is 0 Å². The third kappa shape index (κ3) is 3.37. The van der Waals surface area contributed by atoms with Crippen molar-refractivity contribution in [1.29, 1.82) is 0 Å². The van der Waals surface area contributed by atoms with E-state index in [1.807, 2.05) is 69.3 Å². The first-order valence-corrected chi connectivity index (χ1v) is 13.8. The fourth-order valence-corrected chi connectivity index (χ4v) is 6.52. The van der Waals surface area contributed by atoms with Crippen LogP contribution >= 0.6 is 0 Å². The predicted octanol–water partition coefficient (Wildman–Crippen LogP) is 5.14. The fourth-order valence-electron chi connectivity index (χ4n) is 6.52. The van der Waals surface area contributed by atoms with Crippen LogP contribution in [-0.2, 0) is 21.6 Å². The van der Waals surface area contributed by atoms with E-state index in [0.717, 1.165) is 35.1 Å². The molecule has 7 rings (SSSR count). The molecule has 4 aromatic rings. The van der Waals surface area contributed by atoms with Gasteiger partial charge in [-0.2, -0.15) is 0 Å². The lowest BCUT2D eigenvalue weighted by atomic mass is 9.83. The summed E-state index contributed by atoms with van der Waals surface area (Å²) in [5.74, 6) is -0.836. The fraction of sp³-hybridized carbons (Fsp3) is 0.303. The summed E-state index contributed by atoms with van der Waals surface area (Å²) in [6.07, 6.45) is 1.44. The number of benzene rings is 3. The van der Waals surface area contributed by atoms with Crippen LogP contribution in [0.4, 0.5) is 5.69 Å². The van der Waals surface area contributed by atoms with E-state index in [0.29, 0.717) is 35.4 Å². The molecule has 2 amide bonds. The molecule has 0 N–H and O–H groups in total. The van der Waals surface area contributed by atoms with Gasteiger partial charge in [0.25, 0.3) is 11.8 Å². The molecule has 1 spiro atoms. The lowest BCUT2D eigenvalue weighted by molar-refractivity contribution is -0.126. The van der Waals surface area contributed by atoms with Crippen LogP contribution in [0.5, 0.6) is 0 Å². The van der Waals surface area contributed by atoms with Crippen molar-refractivity contribution in [1.82, 2.24) is 4.90 Å². The summed E-state index contributed by atoms with van der Waals surface area (Å²) in [6.45, 7) is 7.00. The van der Waals surface area contributed by atoms with Crippen LogP contribution in [-0.4, -0.2) is 36.0 Å². The van der Waals surface area contributed by atoms with Gasteiger partial charge in [-0.05, 0) is 68.5 Å². The number of hydrogen-bond acceptors (Lipinski definition) is 5. The van der Waals surface area contributed by atoms with Gasteiger partial charge in [0.2, 0.25) is 5.76 Å². The summed E-state index contributed by atoms with van der Waals surface area (Å²) in [5.41, 5.74) is 3.76. The Balaban J connectivity index is 1.50. The van der Waals surface area contributed by atoms with Crippen LogP contribution < -0.4 is 10.3 Å². The minimum atomic E-state index is -1.63. The summed E-state index contributed by atoms with van der Waals surface area (Å²) in [5, 5.41) is 0.371. The molecule has 4 heterocycles. The van der Waals surface area contributed by atoms with Crippen LogP contribution in [0, 0.1) is 20.8 Å². The molecule has 0 saturated carbocycles. The molecule has 3 aliphatic rings. The highest BCUT2D eigenvalue weighted by molar-refractivity contribution is 6.17. The summed E-state index contributed by atoms with van der Waals surface area (Å²) in [6, 6.07) is 19.1. The smallest absolute Gasteiger partial charge is 0.291 e. The van der Waals surface area contributed by atoms with Gasteiger partial charge in [0.05, 0.1) is 29.3 Å². The Kier molecular flexibility index (Phi) is 5.51. The Hall–Kier alpha value is -4.23. The second-order valence-corrected chi connectivity index (χ2v) is 11.2. The van der Waals surface area contributed by atoms with Crippen molar-refractivity contribution in [2.75, 3.05) is 18.1 Å². The number of fused-ring (bicyclic) bond motifs is 5. The first kappa shape index (κ1) is 24.8. The molecule has 1 saturated heterocycles. The molecule has 3 aromatic carbocycles. The van der Waals surface area contributed by atoms with Crippen molar-refractivity contribution in [3.8, 4) is 0 Å². The highest BCUT2D eigenvalue weighted by atomic mass is 16.5. The van der Waals surface area contributed by atoms with Gasteiger partial charge < -0.3 is 19.0 Å². The number of hydrogen-bond donors (Lipinski definition) is 0. The van der Waals surface area contributed by atoms with Gasteiger partial charge in [-0.25, -0.2) is 0 Å². The Bertz CT molecular complexity index is 1770. The van der Waals surface area contributed by atoms with E-state index in [-0.39, 0.29) is 35.3 Å². The number of carbonyl (C=O) groups excluding carboxylic acids is 2. The predicted molar refractivity (Wildman–Crippen MR) is 152 cm³/mol. The third-order valence-corrected chi connectivity index (χ3v) is 8.72. The molecule has 2 atom stereocenters. The summed E-state index contributed by atoms with van der Waals surface area (Å²) in [4.78, 5) is 46.7. The molecule has 0 radical (unpaired) electrons. The second kappa shape index (κ2) is 8.89. The van der Waals surface area contributed by atoms with Crippen molar-refractivity contribution in [2.24, 2.45) is 0 Å². The van der Waals surface area contributed by atoms with Gasteiger partial charge in [0, 0.05) is 18.7 Å². The highest BCUT2D eigenvalue weighted by Crippen LogP contribution is 2.53. The molecule has 1 aromatic heterocycles. The molecule has 0 bridgehead atoms. The largest absolute Gasteiger partial charge is 0.450 e. The number of anilines is 1. The van der Waals surface area contributed by atoms with Crippen LogP contribution in [0.1, 0.15) is 56.8 Å². The van der Waals surface area contributed by atoms with Gasteiger partial charge in [0.1, 0.15) is 5.58 Å². The third-order valence-electron chi connectivity index (χ3n) is 8.72. The molecule has 2 unspecified atom stereocenters. The summed E-state index contributed by atoms with van der Waals surface area (Å²) in [7, 11) is 0. The molecular formula is C33H30N2O5. The Morgan fingerprint density at radius 3 is 2.45 bits per heavy atom. The maximum atomic E-state index is 14.9. The minimum absolute atomic E-state index is 0.0564. The molecule has 7 heteroatoms. The molecule has 1 fully saturated rings. The number of amides is 2. The lowest BCUT2D eigenvalue weighted by Gasteiger charge is -2.35. The Morgan fingerprint density at radius 1 is 0.950 bits per heavy atom. The van der Waals surface area contributed by atoms with Crippen LogP contribution in [0.15, 0.2) is 69.9 Å². The van der Waals surface area contributed by atoms with E-state index in [1.165, 1.54) is 0 Å². The van der Waals surface area contributed by atoms with Gasteiger partial charge >= 0.3 is 0 Å². The van der Waals surface area contributed by atoms with E-state index < -0.39 is 11.4 Å². The average Bonchev–Trinajstić information content (AvgIpc) is 3.61. The molecule has 3 aliphatic heterocycles. The van der Waals surface area contributed by atoms with E-state index in [2.05, 4.69) is 0 Å². The van der Waals surface area contributed by atoms with E-state index >= 15 is 0 Å². The minimum Gasteiger partial charge on any atom is -0.450 e. The van der Waals surface area contributed by atoms with Crippen LogP contribution in [0.2, 0.25) is 0 Å². The van der Waals surface area contributed by atoms with E-state index in [9.17, 15) is 14.4 Å². The van der Waals surface area contributed by atoms with Gasteiger partial charge in [-0.1, -0.05) is 48.0 Å². The normalized spacial score (nSPS) is 21.6. The van der Waals surface area contributed by atoms with E-state index in [1.54, 1.807) is 21.9 Å². The number of para-hydroxylation sites is 1. The van der Waals surface area contributed by atoms with Crippen molar-refractivity contribution >= 4 is 28.5 Å². The highest BCUT2D eigenvalue weighted by Gasteiger charge is 2.65. The molecule has 40 heavy (non-hydrogen) atoms. The maximum Gasteiger partial charge on any atom is 0.291 e. The lowest BCUT2D eigenvalue weighted by Crippen LogP contribution is -2.55. The number of carbonyl (C=O) groups is 2. The topological polar surface area (TPSA) is 80.1 Å². The molecular weight excluding hydrogens is 504 g/mol. The van der Waals surface area contributed by atoms with Crippen LogP contribution in [0.25, 0.3) is 11.0 Å². The summed E-state index contributed by atoms with van der Waals surface area (Å²) < 4.78 is 12.2. The van der Waals surface area contributed by atoms with Crippen molar-refractivity contribution in [3.63, 3.8) is 0 Å². The maximum absolute atomic E-state index is 14.9. The molecule has 202 valence electrons. The van der Waals surface area contributed by atoms with Crippen molar-refractivity contribution in [2.45, 2.75) is 51.8 Å². The number of ether oxygens (including phenoxy) is 1. The quantitative estimate of drug-likeness (QED) is 0.362. The second-order valence-electron chi connectivity index (χ2n) is 11.2. The Morgan fingerprint density at radius 2 is 1.70 bits per heavy atom. The number of nitrogens with zero attached hydrogens (tertiary/aromatic N) is 2. The van der Waals surface area contributed by atoms with Gasteiger partial charge in [-0.15, -0.1) is 0 Å². The zero-order chi connectivity index (χ0) is 27.8. The zero-order valence-corrected chi connectivity index (χ0v) is 22.8. The van der Waals surface area contributed by atoms with Crippen molar-refractivity contribution < 1.29 is 18.7 Å². The van der Waals surface area contributed by atoms with Gasteiger partial charge in [-0.3, -0.25) is 14.4 Å². The first-order valence-electron chi connectivity index (χ1n) is 13.8. The standard InChI is InChI=1S/C33H30N2O5/c1-19-10-12-22(13-11-19)17-34-26-9-5-4-8-25(26)33(32(34)38)28-29(36)24-15-20(2)21(3)16-27(24)40-30(28)31(37)35(33)18-23-7-6-14-39-23/h4-5,8-13,15-16,23H,6-7,14,17-18H2,1-3H3. The van der Waals surface area contributed by atoms with Gasteiger partial charge in [0.15, 0.2) is 11.0 Å². The van der Waals surface area contributed by atoms with E-state index in [4.69, 9.17) is 9.15 Å². The van der Waals surface area contributed by atoms with Crippen molar-refractivity contribution in [3.05, 3.63) is 110 Å². The summed E-state index contributed by atoms with van der Waals surface area (Å²) >= 11 is 0. The Labute approximate surface area is 232 Å². The molecule has 0 aliphatic carbocycles. The zero-order valence-electron chi connectivity index (χ0n) is 22.8. The average molecular weight is 535 g/mol. The monoisotopic (exact) mass is 534 g/mol. The molecule has 7 nitrogen and oxygen atoms in total. The first-order chi connectivity index (χ1) is 19.3. The number of rotatable bonds is 4. The SMILES string of the molecule is Cc1ccc(CN2C(=O)C3(c4ccccc42)c2c(oc4cc(C)c(C)cc4c2=O)C(=O)N3CC2CCCO2)cc1. The number of aryl methyl sites for hydroxylation is 3.